The Morgan fingerprint density at radius 3 is 2.62 bits per heavy atom. The first-order valence-corrected chi connectivity index (χ1v) is 4.80. The zero-order valence-electron chi connectivity index (χ0n) is 9.12. The molecule has 0 amide bonds. The lowest BCUT2D eigenvalue weighted by Gasteiger charge is -2.12. The third-order valence-electron chi connectivity index (χ3n) is 2.54. The molecule has 0 heterocycles. The Balaban J connectivity index is 3.11. The molecule has 5 heteroatoms. The van der Waals surface area contributed by atoms with Crippen molar-refractivity contribution in [2.45, 2.75) is 26.3 Å². The highest BCUT2D eigenvalue weighted by Gasteiger charge is 2.17. The van der Waals surface area contributed by atoms with E-state index in [4.69, 9.17) is 10.8 Å². The van der Waals surface area contributed by atoms with Crippen LogP contribution < -0.4 is 5.73 Å². The zero-order chi connectivity index (χ0) is 12.5. The van der Waals surface area contributed by atoms with E-state index in [0.717, 1.165) is 0 Å². The molecule has 0 saturated carbocycles. The fraction of sp³-hybridized carbons (Fsp3) is 0.364. The van der Waals surface area contributed by atoms with Crippen LogP contribution in [-0.2, 0) is 11.2 Å². The molecule has 1 unspecified atom stereocenters. The van der Waals surface area contributed by atoms with Crippen LogP contribution in [0.2, 0.25) is 0 Å². The minimum absolute atomic E-state index is 0.0653. The summed E-state index contributed by atoms with van der Waals surface area (Å²) in [5.74, 6) is -2.24. The van der Waals surface area contributed by atoms with Crippen molar-refractivity contribution < 1.29 is 19.4 Å². The van der Waals surface area contributed by atoms with E-state index in [2.05, 4.69) is 0 Å². The Morgan fingerprint density at radius 2 is 2.12 bits per heavy atom. The molecular weight excluding hydrogens is 213 g/mol. The Labute approximate surface area is 92.5 Å². The maximum Gasteiger partial charge on any atom is 0.320 e. The lowest BCUT2D eigenvalue weighted by atomic mass is 9.98. The van der Waals surface area contributed by atoms with E-state index in [-0.39, 0.29) is 12.0 Å². The van der Waals surface area contributed by atoms with Gasteiger partial charge in [-0.25, -0.2) is 4.39 Å². The Hall–Kier alpha value is -1.62. The van der Waals surface area contributed by atoms with Gasteiger partial charge >= 0.3 is 5.97 Å². The summed E-state index contributed by atoms with van der Waals surface area (Å²) in [6.45, 7) is 3.03. The second-order valence-electron chi connectivity index (χ2n) is 3.79. The summed E-state index contributed by atoms with van der Waals surface area (Å²) in [6, 6.07) is 0.454. The molecule has 0 spiro atoms. The van der Waals surface area contributed by atoms with Gasteiger partial charge in [0.2, 0.25) is 0 Å². The maximum atomic E-state index is 13.3. The van der Waals surface area contributed by atoms with Crippen LogP contribution in [0.3, 0.4) is 0 Å². The summed E-state index contributed by atoms with van der Waals surface area (Å²) < 4.78 is 13.3. The lowest BCUT2D eigenvalue weighted by Crippen LogP contribution is -2.32. The third kappa shape index (κ3) is 2.30. The predicted molar refractivity (Wildman–Crippen MR) is 56.9 cm³/mol. The lowest BCUT2D eigenvalue weighted by molar-refractivity contribution is -0.138. The Kier molecular flexibility index (Phi) is 3.49. The number of aromatic hydroxyl groups is 1. The van der Waals surface area contributed by atoms with E-state index in [1.54, 1.807) is 0 Å². The average Bonchev–Trinajstić information content (AvgIpc) is 2.22. The van der Waals surface area contributed by atoms with Gasteiger partial charge in [0.05, 0.1) is 0 Å². The smallest absolute Gasteiger partial charge is 0.320 e. The topological polar surface area (TPSA) is 83.6 Å². The fourth-order valence-corrected chi connectivity index (χ4v) is 1.47. The fourth-order valence-electron chi connectivity index (χ4n) is 1.47. The molecule has 1 atom stereocenters. The van der Waals surface area contributed by atoms with Gasteiger partial charge in [-0.05, 0) is 37.0 Å². The molecule has 0 aromatic heterocycles. The molecule has 0 bridgehead atoms. The molecule has 4 nitrogen and oxygen atoms in total. The number of hydrogen-bond donors (Lipinski definition) is 3. The molecular formula is C11H14FNO3. The maximum absolute atomic E-state index is 13.3. The van der Waals surface area contributed by atoms with Gasteiger partial charge in [-0.1, -0.05) is 6.07 Å². The first kappa shape index (κ1) is 12.4. The standard InChI is InChI=1S/C11H14FNO3/c1-5-3-7(4-8(13)11(15)16)6(2)10(14)9(5)12/h3,8,14H,4,13H2,1-2H3,(H,15,16). The highest BCUT2D eigenvalue weighted by atomic mass is 19.1. The average molecular weight is 227 g/mol. The first-order chi connectivity index (χ1) is 7.34. The summed E-state index contributed by atoms with van der Waals surface area (Å²) in [5, 5.41) is 18.1. The van der Waals surface area contributed by atoms with Gasteiger partial charge in [0.25, 0.3) is 0 Å². The summed E-state index contributed by atoms with van der Waals surface area (Å²) in [5.41, 5.74) is 6.54. The second kappa shape index (κ2) is 4.49. The van der Waals surface area contributed by atoms with Crippen molar-refractivity contribution in [2.75, 3.05) is 0 Å². The number of carbonyl (C=O) groups is 1. The normalized spacial score (nSPS) is 12.5. The predicted octanol–water partition coefficient (Wildman–Crippen LogP) is 1.10. The summed E-state index contributed by atoms with van der Waals surface area (Å²) in [7, 11) is 0. The quantitative estimate of drug-likeness (QED) is 0.722. The number of carboxylic acid groups (broad SMARTS) is 1. The molecule has 4 N–H and O–H groups in total. The Morgan fingerprint density at radius 1 is 1.56 bits per heavy atom. The van der Waals surface area contributed by atoms with Crippen molar-refractivity contribution in [3.8, 4) is 5.75 Å². The van der Waals surface area contributed by atoms with Gasteiger partial charge in [-0.3, -0.25) is 4.79 Å². The van der Waals surface area contributed by atoms with Crippen LogP contribution in [0.1, 0.15) is 16.7 Å². The van der Waals surface area contributed by atoms with Crippen molar-refractivity contribution in [2.24, 2.45) is 5.73 Å². The number of aliphatic carboxylic acids is 1. The molecule has 0 aliphatic carbocycles. The molecule has 88 valence electrons. The third-order valence-corrected chi connectivity index (χ3v) is 2.54. The number of nitrogens with two attached hydrogens (primary N) is 1. The van der Waals surface area contributed by atoms with Crippen LogP contribution >= 0.6 is 0 Å². The molecule has 1 rings (SSSR count). The molecule has 1 aromatic rings. The number of hydrogen-bond acceptors (Lipinski definition) is 3. The number of rotatable bonds is 3. The van der Waals surface area contributed by atoms with E-state index in [9.17, 15) is 14.3 Å². The van der Waals surface area contributed by atoms with Gasteiger partial charge in [-0.15, -0.1) is 0 Å². The van der Waals surface area contributed by atoms with Crippen LogP contribution in [-0.4, -0.2) is 22.2 Å². The summed E-state index contributed by atoms with van der Waals surface area (Å²) in [6.07, 6.45) is 0.0653. The summed E-state index contributed by atoms with van der Waals surface area (Å²) in [4.78, 5) is 10.6. The van der Waals surface area contributed by atoms with Crippen LogP contribution in [0.5, 0.6) is 5.75 Å². The number of carboxylic acids is 1. The van der Waals surface area contributed by atoms with E-state index < -0.39 is 23.6 Å². The Bertz CT molecular complexity index is 432. The van der Waals surface area contributed by atoms with Crippen LogP contribution in [0, 0.1) is 19.7 Å². The van der Waals surface area contributed by atoms with Crippen LogP contribution in [0.4, 0.5) is 4.39 Å². The highest BCUT2D eigenvalue weighted by Crippen LogP contribution is 2.27. The van der Waals surface area contributed by atoms with Crippen molar-refractivity contribution >= 4 is 5.97 Å². The van der Waals surface area contributed by atoms with Gasteiger partial charge < -0.3 is 15.9 Å². The SMILES string of the molecule is Cc1cc(CC(N)C(=O)O)c(C)c(O)c1F. The minimum Gasteiger partial charge on any atom is -0.505 e. The minimum atomic E-state index is -1.12. The number of phenolic OH excluding ortho intramolecular Hbond substituents is 1. The van der Waals surface area contributed by atoms with Crippen molar-refractivity contribution in [3.05, 3.63) is 28.6 Å². The van der Waals surface area contributed by atoms with Gasteiger partial charge in [0.15, 0.2) is 11.6 Å². The molecule has 0 fully saturated rings. The molecule has 0 aliphatic rings. The van der Waals surface area contributed by atoms with Crippen molar-refractivity contribution in [3.63, 3.8) is 0 Å². The second-order valence-corrected chi connectivity index (χ2v) is 3.79. The van der Waals surface area contributed by atoms with Gasteiger partial charge in [-0.2, -0.15) is 0 Å². The van der Waals surface area contributed by atoms with Crippen molar-refractivity contribution in [1.29, 1.82) is 0 Å². The molecule has 1 aromatic carbocycles. The number of aryl methyl sites for hydroxylation is 1. The largest absolute Gasteiger partial charge is 0.505 e. The number of halogens is 1. The van der Waals surface area contributed by atoms with Gasteiger partial charge in [0, 0.05) is 0 Å². The summed E-state index contributed by atoms with van der Waals surface area (Å²) >= 11 is 0. The first-order valence-electron chi connectivity index (χ1n) is 4.80. The molecule has 0 saturated heterocycles. The number of phenols is 1. The van der Waals surface area contributed by atoms with Gasteiger partial charge in [0.1, 0.15) is 6.04 Å². The molecule has 0 aliphatic heterocycles. The van der Waals surface area contributed by atoms with Crippen LogP contribution in [0.25, 0.3) is 0 Å². The van der Waals surface area contributed by atoms with E-state index in [1.807, 2.05) is 0 Å². The molecule has 0 radical (unpaired) electrons. The molecule has 16 heavy (non-hydrogen) atoms. The van der Waals surface area contributed by atoms with E-state index in [0.29, 0.717) is 11.1 Å². The monoisotopic (exact) mass is 227 g/mol. The van der Waals surface area contributed by atoms with E-state index in [1.165, 1.54) is 19.9 Å². The number of benzene rings is 1. The van der Waals surface area contributed by atoms with E-state index >= 15 is 0 Å². The van der Waals surface area contributed by atoms with Crippen molar-refractivity contribution in [1.82, 2.24) is 0 Å². The van der Waals surface area contributed by atoms with Crippen LogP contribution in [0.15, 0.2) is 6.07 Å². The highest BCUT2D eigenvalue weighted by molar-refractivity contribution is 5.73. The zero-order valence-corrected chi connectivity index (χ0v) is 9.12.